The van der Waals surface area contributed by atoms with Crippen LogP contribution in [0.2, 0.25) is 5.02 Å². The summed E-state index contributed by atoms with van der Waals surface area (Å²) in [6.07, 6.45) is 9.72. The van der Waals surface area contributed by atoms with Gasteiger partial charge >= 0.3 is 0 Å². The Morgan fingerprint density at radius 1 is 1.13 bits per heavy atom. The maximum absolute atomic E-state index is 14.7. The Balaban J connectivity index is 1.26. The molecule has 0 saturated heterocycles. The third-order valence-electron chi connectivity index (χ3n) is 10.9. The van der Waals surface area contributed by atoms with Gasteiger partial charge in [-0.05, 0) is 104 Å². The van der Waals surface area contributed by atoms with Gasteiger partial charge in [0.25, 0.3) is 11.8 Å². The molecule has 11 nitrogen and oxygen atoms in total. The molecule has 3 aromatic rings. The summed E-state index contributed by atoms with van der Waals surface area (Å²) < 4.78 is 41.0. The van der Waals surface area contributed by atoms with E-state index < -0.39 is 27.8 Å². The number of aliphatic hydroxyl groups is 1. The summed E-state index contributed by atoms with van der Waals surface area (Å²) in [5.41, 5.74) is 4.42. The van der Waals surface area contributed by atoms with Gasteiger partial charge in [-0.25, -0.2) is 4.21 Å². The molecule has 53 heavy (non-hydrogen) atoms. The fourth-order valence-electron chi connectivity index (χ4n) is 7.88. The van der Waals surface area contributed by atoms with Crippen LogP contribution in [0.25, 0.3) is 0 Å². The smallest absolute Gasteiger partial charge is 0.286 e. The van der Waals surface area contributed by atoms with E-state index in [0.29, 0.717) is 62.2 Å². The fraction of sp³-hybridized carbons (Fsp3) is 0.500. The van der Waals surface area contributed by atoms with Crippen molar-refractivity contribution in [2.24, 2.45) is 22.1 Å². The van der Waals surface area contributed by atoms with Crippen molar-refractivity contribution in [3.8, 4) is 5.75 Å². The number of methoxy groups -OCH3 is 1. The van der Waals surface area contributed by atoms with Gasteiger partial charge in [-0.3, -0.25) is 14.3 Å². The van der Waals surface area contributed by atoms with Crippen LogP contribution in [0.4, 0.5) is 5.69 Å². The molecule has 13 heteroatoms. The molecule has 4 aliphatic rings. The zero-order valence-corrected chi connectivity index (χ0v) is 31.9. The van der Waals surface area contributed by atoms with Gasteiger partial charge < -0.3 is 28.8 Å². The van der Waals surface area contributed by atoms with Crippen molar-refractivity contribution >= 4 is 39.0 Å². The van der Waals surface area contributed by atoms with Crippen LogP contribution in [0.15, 0.2) is 65.2 Å². The second-order valence-electron chi connectivity index (χ2n) is 14.9. The van der Waals surface area contributed by atoms with Crippen molar-refractivity contribution in [3.63, 3.8) is 0 Å². The number of benzene rings is 2. The molecule has 4 heterocycles. The summed E-state index contributed by atoms with van der Waals surface area (Å²) in [6, 6.07) is 12.9. The summed E-state index contributed by atoms with van der Waals surface area (Å²) in [7, 11) is -1.99. The first-order valence-electron chi connectivity index (χ1n) is 18.6. The van der Waals surface area contributed by atoms with Crippen LogP contribution in [0, 0.1) is 17.8 Å². The number of aliphatic hydroxyl groups excluding tert-OH is 1. The van der Waals surface area contributed by atoms with Crippen molar-refractivity contribution in [2.45, 2.75) is 77.4 Å². The first-order valence-corrected chi connectivity index (χ1v) is 20.7. The number of ether oxygens (including phenoxy) is 3. The Morgan fingerprint density at radius 3 is 2.81 bits per heavy atom. The van der Waals surface area contributed by atoms with Crippen LogP contribution in [-0.2, 0) is 45.5 Å². The number of aromatic nitrogens is 1. The number of nitrogens with one attached hydrogen (secondary N) is 1. The van der Waals surface area contributed by atoms with Crippen LogP contribution in [0.5, 0.6) is 5.75 Å². The molecule has 7 rings (SSSR count). The van der Waals surface area contributed by atoms with E-state index in [0.717, 1.165) is 49.0 Å². The number of fused-ring (bicyclic) bond motifs is 4. The maximum atomic E-state index is 14.7. The molecular weight excluding hydrogens is 716 g/mol. The van der Waals surface area contributed by atoms with Crippen molar-refractivity contribution < 1.29 is 33.1 Å². The number of halogens is 1. The quantitative estimate of drug-likeness (QED) is 0.294. The van der Waals surface area contributed by atoms with Gasteiger partial charge in [0.15, 0.2) is 0 Å². The SMILES string of the molecule is COC[C@@H]1Cn2cc(C(=O)N[S@@]3(=O)=NC(=O)c4ccc5c(c4)N(Cc4ccc(Cl)cc4CCCCO5)C[C@@H]4CC[C@H]4[C@@H](O)/C=C/C[C@H](C)C3)cc2CO1. The summed E-state index contributed by atoms with van der Waals surface area (Å²) in [4.78, 5) is 30.0. The molecule has 2 amide bonds. The van der Waals surface area contributed by atoms with E-state index in [2.05, 4.69) is 20.1 Å². The van der Waals surface area contributed by atoms with E-state index in [1.54, 1.807) is 37.6 Å². The lowest BCUT2D eigenvalue weighted by atomic mass is 9.70. The number of aryl methyl sites for hydroxylation is 1. The summed E-state index contributed by atoms with van der Waals surface area (Å²) >= 11 is 6.45. The summed E-state index contributed by atoms with van der Waals surface area (Å²) in [5.74, 6) is -0.587. The van der Waals surface area contributed by atoms with Crippen molar-refractivity contribution in [2.75, 3.05) is 37.5 Å². The second kappa shape index (κ2) is 16.4. The van der Waals surface area contributed by atoms with Crippen LogP contribution >= 0.6 is 11.6 Å². The molecule has 0 unspecified atom stereocenters. The molecular formula is C40H49ClN4O7S. The number of nitrogens with zero attached hydrogens (tertiary/aromatic N) is 3. The van der Waals surface area contributed by atoms with Gasteiger partial charge in [-0.2, -0.15) is 0 Å². The molecule has 284 valence electrons. The summed E-state index contributed by atoms with van der Waals surface area (Å²) in [6.45, 7) is 4.86. The Kier molecular flexibility index (Phi) is 11.6. The van der Waals surface area contributed by atoms with E-state index in [-0.39, 0.29) is 35.2 Å². The fourth-order valence-corrected chi connectivity index (χ4v) is 9.97. The lowest BCUT2D eigenvalue weighted by Gasteiger charge is -2.42. The Hall–Kier alpha value is -3.68. The van der Waals surface area contributed by atoms with E-state index >= 15 is 0 Å². The largest absolute Gasteiger partial charge is 0.491 e. The highest BCUT2D eigenvalue weighted by molar-refractivity contribution is 7.92. The van der Waals surface area contributed by atoms with Crippen molar-refractivity contribution in [1.82, 2.24) is 9.29 Å². The Morgan fingerprint density at radius 2 is 2.00 bits per heavy atom. The molecule has 1 aliphatic carbocycles. The van der Waals surface area contributed by atoms with Crippen molar-refractivity contribution in [3.05, 3.63) is 93.8 Å². The normalized spacial score (nSPS) is 28.4. The molecule has 1 saturated carbocycles. The molecule has 2 aromatic carbocycles. The van der Waals surface area contributed by atoms with E-state index in [1.165, 1.54) is 5.56 Å². The third-order valence-corrected chi connectivity index (χ3v) is 13.1. The zero-order valence-electron chi connectivity index (χ0n) is 30.4. The molecule has 6 atom stereocenters. The lowest BCUT2D eigenvalue weighted by molar-refractivity contribution is -0.0382. The van der Waals surface area contributed by atoms with Gasteiger partial charge in [-0.15, -0.1) is 4.36 Å². The minimum Gasteiger partial charge on any atom is -0.491 e. The standard InChI is InChI=1S/C40H49ClN4O7S/c1-26-6-5-8-37(46)35-13-10-30(35)20-45-19-29-9-12-32(41)16-27(29)7-3-4-15-51-38-14-11-28(18-36(38)45)39(47)42-53(49,25-26)43-40(48)31-17-33-23-52-34(24-50-2)22-44(33)21-31/h5,8-9,11-12,14,16-18,21,26,30,34-35,37,46H,3-4,6-7,10,13,15,19-20,22-25H2,1-2H3,(H,42,43,47,48,49)/b8-5+/t26-,30-,34-,35+,37-,53-/m0/s1. The topological polar surface area (TPSA) is 132 Å². The van der Waals surface area contributed by atoms with Gasteiger partial charge in [0, 0.05) is 42.7 Å². The van der Waals surface area contributed by atoms with E-state index in [4.69, 9.17) is 25.8 Å². The molecule has 2 bridgehead atoms. The van der Waals surface area contributed by atoms with Crippen LogP contribution in [0.1, 0.15) is 76.6 Å². The average Bonchev–Trinajstić information content (AvgIpc) is 3.52. The molecule has 1 fully saturated rings. The molecule has 1 aromatic heterocycles. The van der Waals surface area contributed by atoms with Crippen LogP contribution < -0.4 is 14.4 Å². The van der Waals surface area contributed by atoms with Crippen LogP contribution in [-0.4, -0.2) is 70.5 Å². The maximum Gasteiger partial charge on any atom is 0.286 e. The Labute approximate surface area is 316 Å². The number of hydrogen-bond donors (Lipinski definition) is 2. The molecule has 3 aliphatic heterocycles. The molecule has 0 spiro atoms. The first-order chi connectivity index (χ1) is 25.6. The minimum atomic E-state index is -3.60. The highest BCUT2D eigenvalue weighted by atomic mass is 35.5. The second-order valence-corrected chi connectivity index (χ2v) is 17.4. The number of amides is 2. The van der Waals surface area contributed by atoms with Gasteiger partial charge in [0.05, 0.1) is 55.6 Å². The number of rotatable bonds is 4. The van der Waals surface area contributed by atoms with E-state index in [1.807, 2.05) is 35.8 Å². The highest BCUT2D eigenvalue weighted by Gasteiger charge is 2.37. The number of hydrogen-bond acceptors (Lipinski definition) is 8. The first kappa shape index (κ1) is 37.6. The van der Waals surface area contributed by atoms with Gasteiger partial charge in [0.2, 0.25) is 0 Å². The summed E-state index contributed by atoms with van der Waals surface area (Å²) in [5, 5.41) is 12.0. The zero-order chi connectivity index (χ0) is 37.1. The number of allylic oxidation sites excluding steroid dienone is 1. The minimum absolute atomic E-state index is 0.0525. The molecule has 0 radical (unpaired) electrons. The highest BCUT2D eigenvalue weighted by Crippen LogP contribution is 2.41. The predicted octanol–water partition coefficient (Wildman–Crippen LogP) is 6.34. The van der Waals surface area contributed by atoms with Crippen molar-refractivity contribution in [1.29, 1.82) is 0 Å². The van der Waals surface area contributed by atoms with Crippen LogP contribution in [0.3, 0.4) is 0 Å². The molecule has 2 N–H and O–H groups in total. The lowest BCUT2D eigenvalue weighted by Crippen LogP contribution is -2.43. The van der Waals surface area contributed by atoms with Gasteiger partial charge in [0.1, 0.15) is 15.7 Å². The number of carbonyl (C=O) groups is 2. The van der Waals surface area contributed by atoms with Gasteiger partial charge in [-0.1, -0.05) is 36.7 Å². The number of anilines is 1. The average molecular weight is 765 g/mol. The monoisotopic (exact) mass is 764 g/mol. The number of carbonyl (C=O) groups excluding carboxylic acids is 2. The van der Waals surface area contributed by atoms with E-state index in [9.17, 15) is 18.9 Å². The Bertz CT molecular complexity index is 1990. The third kappa shape index (κ3) is 8.84. The predicted molar refractivity (Wildman–Crippen MR) is 205 cm³/mol.